The lowest BCUT2D eigenvalue weighted by Crippen LogP contribution is -2.31. The summed E-state index contributed by atoms with van der Waals surface area (Å²) in [7, 11) is 0. The molecule has 2 N–H and O–H groups in total. The zero-order valence-electron chi connectivity index (χ0n) is 35.5. The van der Waals surface area contributed by atoms with E-state index < -0.39 is 23.9 Å². The standard InChI is InChI=1S/C42H62N4O8S4/c1-41(2)23-29(35(37(47)51-15-19-55-5)38(48)52-16-20-56-6)31(27-43)33(25-41)45-13-11-9-10-12-14-46-34-26-42(3,4)24-30(32(34)28-44)36(39(49)53-17-21-57-7)40(50)54-18-22-58-8/h45-46H,9-26H2,1-8H3. The van der Waals surface area contributed by atoms with Crippen molar-refractivity contribution in [3.05, 3.63) is 44.8 Å². The van der Waals surface area contributed by atoms with Crippen LogP contribution in [0.4, 0.5) is 0 Å². The zero-order chi connectivity index (χ0) is 43.1. The highest BCUT2D eigenvalue weighted by atomic mass is 32.2. The predicted molar refractivity (Wildman–Crippen MR) is 237 cm³/mol. The summed E-state index contributed by atoms with van der Waals surface area (Å²) in [6.07, 6.45) is 12.9. The van der Waals surface area contributed by atoms with Gasteiger partial charge in [-0.05, 0) is 85.5 Å². The first-order chi connectivity index (χ1) is 27.7. The minimum Gasteiger partial charge on any atom is -0.461 e. The maximum absolute atomic E-state index is 13.3. The van der Waals surface area contributed by atoms with Crippen molar-refractivity contribution < 1.29 is 38.1 Å². The lowest BCUT2D eigenvalue weighted by atomic mass is 9.72. The molecule has 0 aromatic rings. The number of carbonyl (C=O) groups is 4. The molecular weight excluding hydrogens is 817 g/mol. The molecule has 322 valence electrons. The molecule has 0 saturated heterocycles. The monoisotopic (exact) mass is 878 g/mol. The highest BCUT2D eigenvalue weighted by molar-refractivity contribution is 7.99. The molecule has 0 aliphatic heterocycles. The topological polar surface area (TPSA) is 177 Å². The van der Waals surface area contributed by atoms with Crippen LogP contribution in [0.15, 0.2) is 44.8 Å². The Kier molecular flexibility index (Phi) is 23.6. The van der Waals surface area contributed by atoms with E-state index in [2.05, 4.69) is 22.8 Å². The van der Waals surface area contributed by atoms with Crippen LogP contribution in [0.25, 0.3) is 0 Å². The Balaban J connectivity index is 2.19. The van der Waals surface area contributed by atoms with Crippen LogP contribution in [0.2, 0.25) is 0 Å². The summed E-state index contributed by atoms with van der Waals surface area (Å²) in [4.78, 5) is 53.2. The van der Waals surface area contributed by atoms with Gasteiger partial charge in [-0.15, -0.1) is 0 Å². The fourth-order valence-corrected chi connectivity index (χ4v) is 7.66. The van der Waals surface area contributed by atoms with Crippen molar-refractivity contribution in [2.24, 2.45) is 10.8 Å². The smallest absolute Gasteiger partial charge is 0.345 e. The third-order valence-electron chi connectivity index (χ3n) is 9.33. The fourth-order valence-electron chi connectivity index (χ4n) is 6.66. The minimum absolute atomic E-state index is 0.142. The second-order valence-electron chi connectivity index (χ2n) is 15.5. The number of hydrogen-bond acceptors (Lipinski definition) is 16. The normalized spacial score (nSPS) is 15.8. The van der Waals surface area contributed by atoms with Gasteiger partial charge in [0.1, 0.15) is 49.7 Å². The lowest BCUT2D eigenvalue weighted by molar-refractivity contribution is -0.148. The van der Waals surface area contributed by atoms with E-state index in [1.807, 2.05) is 52.7 Å². The molecule has 0 saturated carbocycles. The molecule has 12 nitrogen and oxygen atoms in total. The van der Waals surface area contributed by atoms with Crippen LogP contribution in [0.3, 0.4) is 0 Å². The number of nitriles is 2. The van der Waals surface area contributed by atoms with Gasteiger partial charge in [0.25, 0.3) is 0 Å². The number of esters is 4. The van der Waals surface area contributed by atoms with Crippen molar-refractivity contribution >= 4 is 70.9 Å². The van der Waals surface area contributed by atoms with Crippen molar-refractivity contribution in [1.82, 2.24) is 10.6 Å². The van der Waals surface area contributed by atoms with Crippen LogP contribution in [0.1, 0.15) is 79.1 Å². The molecule has 0 fully saturated rings. The van der Waals surface area contributed by atoms with Crippen LogP contribution < -0.4 is 10.6 Å². The van der Waals surface area contributed by atoms with Gasteiger partial charge in [-0.2, -0.15) is 57.6 Å². The van der Waals surface area contributed by atoms with Crippen molar-refractivity contribution in [3.8, 4) is 12.1 Å². The van der Waals surface area contributed by atoms with Crippen molar-refractivity contribution in [2.45, 2.75) is 79.1 Å². The maximum atomic E-state index is 13.3. The predicted octanol–water partition coefficient (Wildman–Crippen LogP) is 7.14. The molecule has 2 aliphatic rings. The zero-order valence-corrected chi connectivity index (χ0v) is 38.8. The first-order valence-electron chi connectivity index (χ1n) is 19.6. The van der Waals surface area contributed by atoms with Gasteiger partial charge < -0.3 is 29.6 Å². The van der Waals surface area contributed by atoms with Crippen LogP contribution >= 0.6 is 47.0 Å². The molecule has 0 unspecified atom stereocenters. The molecule has 0 radical (unpaired) electrons. The maximum Gasteiger partial charge on any atom is 0.345 e. The molecule has 2 rings (SSSR count). The summed E-state index contributed by atoms with van der Waals surface area (Å²) < 4.78 is 21.8. The number of ether oxygens (including phenoxy) is 4. The number of nitrogens with one attached hydrogen (secondary N) is 2. The van der Waals surface area contributed by atoms with Crippen molar-refractivity contribution in [2.75, 3.05) is 87.6 Å². The number of allylic oxidation sites excluding steroid dienone is 6. The molecule has 0 heterocycles. The van der Waals surface area contributed by atoms with E-state index in [1.54, 1.807) is 0 Å². The van der Waals surface area contributed by atoms with E-state index in [1.165, 1.54) is 47.0 Å². The number of carbonyl (C=O) groups excluding carboxylic acids is 4. The Morgan fingerprint density at radius 3 is 1.09 bits per heavy atom. The van der Waals surface area contributed by atoms with Crippen LogP contribution in [0.5, 0.6) is 0 Å². The summed E-state index contributed by atoms with van der Waals surface area (Å²) in [5.41, 5.74) is 1.61. The third-order valence-corrected chi connectivity index (χ3v) is 11.6. The first kappa shape index (κ1) is 51.0. The van der Waals surface area contributed by atoms with E-state index in [9.17, 15) is 29.7 Å². The fraction of sp³-hybridized carbons (Fsp3) is 0.667. The Hall–Kier alpha value is -3.18. The largest absolute Gasteiger partial charge is 0.461 e. The second kappa shape index (κ2) is 26.8. The lowest BCUT2D eigenvalue weighted by Gasteiger charge is -2.34. The van der Waals surface area contributed by atoms with Gasteiger partial charge in [0.2, 0.25) is 0 Å². The van der Waals surface area contributed by atoms with Gasteiger partial charge in [-0.3, -0.25) is 0 Å². The van der Waals surface area contributed by atoms with Gasteiger partial charge in [-0.25, -0.2) is 19.2 Å². The Morgan fingerprint density at radius 1 is 0.534 bits per heavy atom. The van der Waals surface area contributed by atoms with Gasteiger partial charge >= 0.3 is 23.9 Å². The van der Waals surface area contributed by atoms with E-state index in [4.69, 9.17) is 18.9 Å². The molecule has 0 atom stereocenters. The quantitative estimate of drug-likeness (QED) is 0.0236. The van der Waals surface area contributed by atoms with Gasteiger partial charge in [0.15, 0.2) is 0 Å². The van der Waals surface area contributed by atoms with E-state index in [-0.39, 0.29) is 59.5 Å². The molecule has 0 aromatic heterocycles. The number of nitrogens with zero attached hydrogens (tertiary/aromatic N) is 2. The highest BCUT2D eigenvalue weighted by Crippen LogP contribution is 2.44. The SMILES string of the molecule is CSCCOC(=O)C(C(=O)OCCSC)=C1CC(C)(C)CC(NCCCCCCNC2=C(C#N)C(=C(C(=O)OCCSC)C(=O)OCCSC)CC(C)(C)C2)=C1C#N. The molecule has 0 amide bonds. The number of thioether (sulfide) groups is 4. The second-order valence-corrected chi connectivity index (χ2v) is 19.4. The molecule has 0 bridgehead atoms. The Morgan fingerprint density at radius 2 is 0.828 bits per heavy atom. The average molecular weight is 879 g/mol. The summed E-state index contributed by atoms with van der Waals surface area (Å²) in [6, 6.07) is 4.54. The minimum atomic E-state index is -0.771. The van der Waals surface area contributed by atoms with E-state index >= 15 is 0 Å². The van der Waals surface area contributed by atoms with Gasteiger partial charge in [-0.1, -0.05) is 40.5 Å². The molecule has 16 heteroatoms. The summed E-state index contributed by atoms with van der Waals surface area (Å²) in [5, 5.41) is 27.6. The van der Waals surface area contributed by atoms with Crippen molar-refractivity contribution in [3.63, 3.8) is 0 Å². The van der Waals surface area contributed by atoms with Crippen molar-refractivity contribution in [1.29, 1.82) is 10.5 Å². The van der Waals surface area contributed by atoms with E-state index in [0.717, 1.165) is 25.7 Å². The van der Waals surface area contributed by atoms with Gasteiger partial charge in [0, 0.05) is 47.5 Å². The van der Waals surface area contributed by atoms with Gasteiger partial charge in [0.05, 0.1) is 11.1 Å². The highest BCUT2D eigenvalue weighted by Gasteiger charge is 2.39. The van der Waals surface area contributed by atoms with Crippen LogP contribution in [0, 0.1) is 33.5 Å². The molecule has 58 heavy (non-hydrogen) atoms. The third kappa shape index (κ3) is 16.8. The Labute approximate surface area is 362 Å². The number of unbranched alkanes of at least 4 members (excludes halogenated alkanes) is 3. The molecule has 2 aliphatic carbocycles. The molecule has 0 spiro atoms. The summed E-state index contributed by atoms with van der Waals surface area (Å²) >= 11 is 6.09. The summed E-state index contributed by atoms with van der Waals surface area (Å²) in [6.45, 7) is 9.93. The van der Waals surface area contributed by atoms with E-state index in [0.29, 0.717) is 84.3 Å². The molecular formula is C42H62N4O8S4. The number of hydrogen-bond donors (Lipinski definition) is 2. The average Bonchev–Trinajstić information content (AvgIpc) is 3.15. The first-order valence-corrected chi connectivity index (χ1v) is 25.1. The number of rotatable bonds is 25. The Bertz CT molecular complexity index is 1490. The molecule has 0 aromatic carbocycles. The van der Waals surface area contributed by atoms with Crippen LogP contribution in [-0.4, -0.2) is 111 Å². The van der Waals surface area contributed by atoms with Crippen LogP contribution in [-0.2, 0) is 38.1 Å². The summed E-state index contributed by atoms with van der Waals surface area (Å²) in [5.74, 6) is -0.773.